The van der Waals surface area contributed by atoms with Gasteiger partial charge in [0.1, 0.15) is 11.9 Å². The lowest BCUT2D eigenvalue weighted by Gasteiger charge is -2.20. The van der Waals surface area contributed by atoms with E-state index in [1.807, 2.05) is 6.07 Å². The van der Waals surface area contributed by atoms with Gasteiger partial charge >= 0.3 is 6.09 Å². The minimum atomic E-state index is -0.558. The molecule has 1 N–H and O–H groups in total. The molecular formula is C15H21NO3S. The van der Waals surface area contributed by atoms with E-state index in [2.05, 4.69) is 19.2 Å². The summed E-state index contributed by atoms with van der Waals surface area (Å²) in [4.78, 5) is 23.6. The second-order valence-electron chi connectivity index (χ2n) is 5.67. The third kappa shape index (κ3) is 5.65. The standard InChI is InChI=1S/C15H21NO3S/c1-10(2)20-13-7-6-11(9-17)8-12(13)16-14(18)19-15(3,4)5/h6-10H,1-5H3,(H,16,18). The average molecular weight is 295 g/mol. The van der Waals surface area contributed by atoms with Crippen molar-refractivity contribution in [2.24, 2.45) is 0 Å². The van der Waals surface area contributed by atoms with Crippen molar-refractivity contribution in [3.63, 3.8) is 0 Å². The number of hydrogen-bond acceptors (Lipinski definition) is 4. The molecule has 0 aromatic heterocycles. The molecule has 1 aromatic carbocycles. The molecule has 1 rings (SSSR count). The van der Waals surface area contributed by atoms with Gasteiger partial charge in [0, 0.05) is 15.7 Å². The van der Waals surface area contributed by atoms with E-state index in [0.717, 1.165) is 11.2 Å². The SMILES string of the molecule is CC(C)Sc1ccc(C=O)cc1NC(=O)OC(C)(C)C. The van der Waals surface area contributed by atoms with Crippen molar-refractivity contribution >= 4 is 29.8 Å². The van der Waals surface area contributed by atoms with Crippen LogP contribution in [0.1, 0.15) is 45.0 Å². The van der Waals surface area contributed by atoms with Crippen molar-refractivity contribution in [3.8, 4) is 0 Å². The number of benzene rings is 1. The topological polar surface area (TPSA) is 55.4 Å². The molecule has 0 radical (unpaired) electrons. The molecule has 5 heteroatoms. The number of amides is 1. The Balaban J connectivity index is 2.95. The highest BCUT2D eigenvalue weighted by atomic mass is 32.2. The summed E-state index contributed by atoms with van der Waals surface area (Å²) >= 11 is 1.62. The monoisotopic (exact) mass is 295 g/mol. The predicted molar refractivity (Wildman–Crippen MR) is 82.7 cm³/mol. The van der Waals surface area contributed by atoms with Crippen molar-refractivity contribution in [1.82, 2.24) is 0 Å². The summed E-state index contributed by atoms with van der Waals surface area (Å²) in [5.41, 5.74) is 0.559. The lowest BCUT2D eigenvalue weighted by atomic mass is 10.2. The highest BCUT2D eigenvalue weighted by Crippen LogP contribution is 2.31. The van der Waals surface area contributed by atoms with Crippen LogP contribution in [-0.4, -0.2) is 23.2 Å². The molecule has 1 aromatic rings. The lowest BCUT2D eigenvalue weighted by molar-refractivity contribution is 0.0635. The fourth-order valence-corrected chi connectivity index (χ4v) is 2.38. The van der Waals surface area contributed by atoms with Crippen LogP contribution in [-0.2, 0) is 4.74 Å². The van der Waals surface area contributed by atoms with Gasteiger partial charge in [0.15, 0.2) is 0 Å². The van der Waals surface area contributed by atoms with Gasteiger partial charge in [-0.25, -0.2) is 4.79 Å². The van der Waals surface area contributed by atoms with Crippen molar-refractivity contribution in [3.05, 3.63) is 23.8 Å². The summed E-state index contributed by atoms with van der Waals surface area (Å²) in [5, 5.41) is 3.08. The third-order valence-electron chi connectivity index (χ3n) is 2.14. The number of thioether (sulfide) groups is 1. The van der Waals surface area contributed by atoms with Crippen LogP contribution in [0.4, 0.5) is 10.5 Å². The lowest BCUT2D eigenvalue weighted by Crippen LogP contribution is -2.27. The maximum atomic E-state index is 11.8. The molecule has 4 nitrogen and oxygen atoms in total. The first kappa shape index (κ1) is 16.6. The Morgan fingerprint density at radius 2 is 2.00 bits per heavy atom. The summed E-state index contributed by atoms with van der Waals surface area (Å²) in [6.45, 7) is 9.54. The Morgan fingerprint density at radius 1 is 1.35 bits per heavy atom. The van der Waals surface area contributed by atoms with Crippen LogP contribution in [0.25, 0.3) is 0 Å². The van der Waals surface area contributed by atoms with Gasteiger partial charge in [-0.05, 0) is 32.9 Å². The minimum absolute atomic E-state index is 0.372. The average Bonchev–Trinajstić information content (AvgIpc) is 2.28. The molecule has 0 atom stereocenters. The Labute approximate surface area is 124 Å². The van der Waals surface area contributed by atoms with Gasteiger partial charge in [0.2, 0.25) is 0 Å². The molecule has 0 aliphatic carbocycles. The maximum Gasteiger partial charge on any atom is 0.412 e. The quantitative estimate of drug-likeness (QED) is 0.663. The smallest absolute Gasteiger partial charge is 0.412 e. The third-order valence-corrected chi connectivity index (χ3v) is 3.22. The summed E-state index contributed by atoms with van der Waals surface area (Å²) in [6.07, 6.45) is 0.232. The van der Waals surface area contributed by atoms with E-state index in [4.69, 9.17) is 4.74 Å². The molecule has 0 spiro atoms. The largest absolute Gasteiger partial charge is 0.444 e. The van der Waals surface area contributed by atoms with Crippen LogP contribution < -0.4 is 5.32 Å². The van der Waals surface area contributed by atoms with Crippen molar-refractivity contribution < 1.29 is 14.3 Å². The second-order valence-corrected chi connectivity index (χ2v) is 7.29. The Bertz CT molecular complexity index is 492. The highest BCUT2D eigenvalue weighted by molar-refractivity contribution is 8.00. The van der Waals surface area contributed by atoms with E-state index >= 15 is 0 Å². The molecule has 0 aliphatic heterocycles. The van der Waals surface area contributed by atoms with Gasteiger partial charge in [0.25, 0.3) is 0 Å². The molecule has 0 saturated heterocycles. The Hall–Kier alpha value is -1.49. The first-order valence-electron chi connectivity index (χ1n) is 6.47. The second kappa shape index (κ2) is 6.79. The van der Waals surface area contributed by atoms with E-state index in [1.165, 1.54) is 0 Å². The van der Waals surface area contributed by atoms with Crippen LogP contribution in [0, 0.1) is 0 Å². The molecule has 0 unspecified atom stereocenters. The van der Waals surface area contributed by atoms with Gasteiger partial charge in [-0.3, -0.25) is 10.1 Å². The van der Waals surface area contributed by atoms with E-state index in [-0.39, 0.29) is 0 Å². The van der Waals surface area contributed by atoms with E-state index in [0.29, 0.717) is 16.5 Å². The van der Waals surface area contributed by atoms with Gasteiger partial charge in [-0.2, -0.15) is 0 Å². The van der Waals surface area contributed by atoms with Crippen LogP contribution in [0.5, 0.6) is 0 Å². The molecule has 0 aliphatic rings. The van der Waals surface area contributed by atoms with Crippen LogP contribution in [0.15, 0.2) is 23.1 Å². The number of hydrogen-bond donors (Lipinski definition) is 1. The number of aldehydes is 1. The first-order valence-corrected chi connectivity index (χ1v) is 7.35. The van der Waals surface area contributed by atoms with Crippen molar-refractivity contribution in [1.29, 1.82) is 0 Å². The van der Waals surface area contributed by atoms with Crippen LogP contribution in [0.3, 0.4) is 0 Å². The molecule has 110 valence electrons. The fourth-order valence-electron chi connectivity index (χ4n) is 1.49. The number of carbonyl (C=O) groups excluding carboxylic acids is 2. The predicted octanol–water partition coefficient (Wildman–Crippen LogP) is 4.35. The molecule has 0 saturated carbocycles. The van der Waals surface area contributed by atoms with E-state index < -0.39 is 11.7 Å². The van der Waals surface area contributed by atoms with Gasteiger partial charge < -0.3 is 4.74 Å². The van der Waals surface area contributed by atoms with Gasteiger partial charge in [0.05, 0.1) is 5.69 Å². The van der Waals surface area contributed by atoms with E-state index in [1.54, 1.807) is 44.7 Å². The summed E-state index contributed by atoms with van der Waals surface area (Å²) in [5.74, 6) is 0. The fraction of sp³-hybridized carbons (Fsp3) is 0.467. The minimum Gasteiger partial charge on any atom is -0.444 e. The molecular weight excluding hydrogens is 274 g/mol. The Morgan fingerprint density at radius 3 is 2.50 bits per heavy atom. The normalized spacial score (nSPS) is 11.3. The Kier molecular flexibility index (Phi) is 5.62. The number of anilines is 1. The van der Waals surface area contributed by atoms with Crippen molar-refractivity contribution in [2.75, 3.05) is 5.32 Å². The summed E-state index contributed by atoms with van der Waals surface area (Å²) < 4.78 is 5.23. The van der Waals surface area contributed by atoms with Gasteiger partial charge in [-0.15, -0.1) is 11.8 Å². The highest BCUT2D eigenvalue weighted by Gasteiger charge is 2.17. The molecule has 1 amide bonds. The molecule has 0 fully saturated rings. The first-order chi connectivity index (χ1) is 9.21. The van der Waals surface area contributed by atoms with E-state index in [9.17, 15) is 9.59 Å². The number of ether oxygens (including phenoxy) is 1. The zero-order valence-electron chi connectivity index (χ0n) is 12.5. The van der Waals surface area contributed by atoms with Crippen LogP contribution in [0.2, 0.25) is 0 Å². The molecule has 20 heavy (non-hydrogen) atoms. The number of carbonyl (C=O) groups is 2. The summed E-state index contributed by atoms with van der Waals surface area (Å²) in [7, 11) is 0. The summed E-state index contributed by atoms with van der Waals surface area (Å²) in [6, 6.07) is 5.22. The van der Waals surface area contributed by atoms with Crippen molar-refractivity contribution in [2.45, 2.75) is 50.4 Å². The zero-order chi connectivity index (χ0) is 15.3. The number of rotatable bonds is 4. The molecule has 0 heterocycles. The molecule has 0 bridgehead atoms. The maximum absolute atomic E-state index is 11.8. The van der Waals surface area contributed by atoms with Crippen LogP contribution >= 0.6 is 11.8 Å². The zero-order valence-corrected chi connectivity index (χ0v) is 13.3. The number of nitrogens with one attached hydrogen (secondary N) is 1. The van der Waals surface area contributed by atoms with Gasteiger partial charge in [-0.1, -0.05) is 19.9 Å².